The Labute approximate surface area is 196 Å². The average Bonchev–Trinajstić information content (AvgIpc) is 3.49. The van der Waals surface area contributed by atoms with E-state index in [1.54, 1.807) is 48.5 Å². The fourth-order valence-corrected chi connectivity index (χ4v) is 2.96. The van der Waals surface area contributed by atoms with E-state index < -0.39 is 18.5 Å². The van der Waals surface area contributed by atoms with Gasteiger partial charge in [-0.25, -0.2) is 14.8 Å². The first-order chi connectivity index (χ1) is 17.0. The molecule has 0 aliphatic heterocycles. The van der Waals surface area contributed by atoms with Gasteiger partial charge in [-0.3, -0.25) is 4.79 Å². The van der Waals surface area contributed by atoms with Crippen LogP contribution in [0.15, 0.2) is 58.3 Å². The van der Waals surface area contributed by atoms with Crippen molar-refractivity contribution in [2.75, 3.05) is 19.5 Å². The van der Waals surface area contributed by atoms with Crippen LogP contribution in [0.3, 0.4) is 0 Å². The Kier molecular flexibility index (Phi) is 6.62. The maximum absolute atomic E-state index is 12.9. The summed E-state index contributed by atoms with van der Waals surface area (Å²) in [6.45, 7) is -0.449. The third kappa shape index (κ3) is 5.22. The molecule has 0 spiro atoms. The van der Waals surface area contributed by atoms with Crippen molar-refractivity contribution in [2.45, 2.75) is 0 Å². The Bertz CT molecular complexity index is 1380. The van der Waals surface area contributed by atoms with Gasteiger partial charge in [0.05, 0.1) is 13.3 Å². The Hall–Kier alpha value is -5.27. The van der Waals surface area contributed by atoms with Crippen molar-refractivity contribution in [3.05, 3.63) is 59.8 Å². The van der Waals surface area contributed by atoms with Crippen LogP contribution in [0.5, 0.6) is 11.5 Å². The van der Waals surface area contributed by atoms with Gasteiger partial charge in [-0.1, -0.05) is 17.3 Å². The highest BCUT2D eigenvalue weighted by atomic mass is 16.6. The minimum atomic E-state index is -1.08. The van der Waals surface area contributed by atoms with Crippen molar-refractivity contribution in [1.29, 1.82) is 0 Å². The topological polar surface area (TPSA) is 193 Å². The Balaban J connectivity index is 1.57. The van der Waals surface area contributed by atoms with E-state index in [0.29, 0.717) is 22.6 Å². The summed E-state index contributed by atoms with van der Waals surface area (Å²) in [7, 11) is 1.52. The van der Waals surface area contributed by atoms with Gasteiger partial charge in [-0.15, -0.1) is 5.10 Å². The van der Waals surface area contributed by atoms with Gasteiger partial charge in [0.15, 0.2) is 12.3 Å². The van der Waals surface area contributed by atoms with E-state index >= 15 is 0 Å². The molecule has 14 heteroatoms. The SMILES string of the molecule is COc1cccc(-c2c(C(=O)N/N=C\c3ccc(OCC(=O)O)cc3)nnn2-c2nonc2N)c1. The van der Waals surface area contributed by atoms with Gasteiger partial charge in [-0.05, 0) is 52.3 Å². The first-order valence-electron chi connectivity index (χ1n) is 9.93. The van der Waals surface area contributed by atoms with E-state index in [1.807, 2.05) is 0 Å². The number of carbonyl (C=O) groups excluding carboxylic acids is 1. The lowest BCUT2D eigenvalue weighted by Gasteiger charge is -2.07. The van der Waals surface area contributed by atoms with Crippen LogP contribution in [0.2, 0.25) is 0 Å². The van der Waals surface area contributed by atoms with Crippen LogP contribution in [0.25, 0.3) is 17.1 Å². The first kappa shape index (κ1) is 22.9. The second-order valence-electron chi connectivity index (χ2n) is 6.85. The Morgan fingerprint density at radius 3 is 2.69 bits per heavy atom. The molecule has 0 aliphatic carbocycles. The molecule has 0 unspecified atom stereocenters. The molecule has 0 saturated heterocycles. The number of ether oxygens (including phenoxy) is 2. The molecule has 0 radical (unpaired) electrons. The molecular formula is C21H18N8O6. The zero-order valence-electron chi connectivity index (χ0n) is 18.2. The maximum Gasteiger partial charge on any atom is 0.341 e. The number of nitrogens with one attached hydrogen (secondary N) is 1. The fourth-order valence-electron chi connectivity index (χ4n) is 2.96. The lowest BCUT2D eigenvalue weighted by Crippen LogP contribution is -2.19. The third-order valence-corrected chi connectivity index (χ3v) is 4.55. The van der Waals surface area contributed by atoms with Crippen LogP contribution in [0.1, 0.15) is 16.1 Å². The van der Waals surface area contributed by atoms with Crippen LogP contribution in [-0.4, -0.2) is 62.2 Å². The number of anilines is 1. The summed E-state index contributed by atoms with van der Waals surface area (Å²) in [4.78, 5) is 23.5. The molecule has 2 aromatic carbocycles. The van der Waals surface area contributed by atoms with Crippen molar-refractivity contribution in [1.82, 2.24) is 30.7 Å². The van der Waals surface area contributed by atoms with E-state index in [0.717, 1.165) is 0 Å². The molecule has 0 bridgehead atoms. The van der Waals surface area contributed by atoms with Crippen LogP contribution in [-0.2, 0) is 4.79 Å². The van der Waals surface area contributed by atoms with E-state index in [9.17, 15) is 9.59 Å². The molecule has 1 amide bonds. The highest BCUT2D eigenvalue weighted by molar-refractivity contribution is 5.99. The number of aromatic nitrogens is 5. The second kappa shape index (κ2) is 10.1. The van der Waals surface area contributed by atoms with Crippen LogP contribution >= 0.6 is 0 Å². The van der Waals surface area contributed by atoms with Crippen LogP contribution < -0.4 is 20.6 Å². The van der Waals surface area contributed by atoms with Gasteiger partial charge in [0.1, 0.15) is 17.2 Å². The zero-order chi connectivity index (χ0) is 24.8. The standard InChI is InChI=1S/C21H18N8O6/c1-33-15-4-2-3-13(9-15)18-17(24-28-29(18)20-19(22)26-35-27-20)21(32)25-23-10-12-5-7-14(8-6-12)34-11-16(30)31/h2-10H,11H2,1H3,(H2,22,26)(H,25,32)(H,30,31)/b23-10-. The Morgan fingerprint density at radius 2 is 2.00 bits per heavy atom. The Morgan fingerprint density at radius 1 is 1.20 bits per heavy atom. The number of amides is 1. The average molecular weight is 478 g/mol. The van der Waals surface area contributed by atoms with Crippen molar-refractivity contribution in [2.24, 2.45) is 5.10 Å². The predicted molar refractivity (Wildman–Crippen MR) is 120 cm³/mol. The monoisotopic (exact) mass is 478 g/mol. The maximum atomic E-state index is 12.9. The molecule has 4 rings (SSSR count). The third-order valence-electron chi connectivity index (χ3n) is 4.55. The molecule has 0 fully saturated rings. The highest BCUT2D eigenvalue weighted by Gasteiger charge is 2.25. The molecule has 2 heterocycles. The van der Waals surface area contributed by atoms with E-state index in [-0.39, 0.29) is 23.0 Å². The smallest absolute Gasteiger partial charge is 0.341 e. The molecule has 4 aromatic rings. The van der Waals surface area contributed by atoms with Gasteiger partial charge in [-0.2, -0.15) is 9.78 Å². The van der Waals surface area contributed by atoms with Crippen molar-refractivity contribution < 1.29 is 28.8 Å². The minimum absolute atomic E-state index is 0.0418. The number of hydrazone groups is 1. The number of carboxylic acids is 1. The van der Waals surface area contributed by atoms with Gasteiger partial charge < -0.3 is 20.3 Å². The molecule has 0 aliphatic rings. The van der Waals surface area contributed by atoms with Crippen molar-refractivity contribution >= 4 is 23.9 Å². The molecule has 0 saturated carbocycles. The highest BCUT2D eigenvalue weighted by Crippen LogP contribution is 2.29. The summed E-state index contributed by atoms with van der Waals surface area (Å²) >= 11 is 0. The predicted octanol–water partition coefficient (Wildman–Crippen LogP) is 1.14. The normalized spacial score (nSPS) is 10.9. The summed E-state index contributed by atoms with van der Waals surface area (Å²) < 4.78 is 16.2. The number of rotatable bonds is 9. The number of nitrogens with two attached hydrogens (primary N) is 1. The first-order valence-corrected chi connectivity index (χ1v) is 9.93. The van der Waals surface area contributed by atoms with Gasteiger partial charge in [0.2, 0.25) is 11.6 Å². The van der Waals surface area contributed by atoms with Gasteiger partial charge >= 0.3 is 5.97 Å². The number of aliphatic carboxylic acids is 1. The summed E-state index contributed by atoms with van der Waals surface area (Å²) in [5, 5.41) is 27.8. The number of carbonyl (C=O) groups is 2. The number of hydrogen-bond acceptors (Lipinski definition) is 11. The van der Waals surface area contributed by atoms with Crippen LogP contribution in [0.4, 0.5) is 5.82 Å². The lowest BCUT2D eigenvalue weighted by atomic mass is 10.1. The number of benzene rings is 2. The van der Waals surface area contributed by atoms with E-state index in [1.165, 1.54) is 18.0 Å². The summed E-state index contributed by atoms with van der Waals surface area (Å²) in [6, 6.07) is 13.3. The van der Waals surface area contributed by atoms with Gasteiger partial charge in [0.25, 0.3) is 5.91 Å². The number of carboxylic acid groups (broad SMARTS) is 1. The number of nitrogen functional groups attached to an aromatic ring is 1. The fraction of sp³-hybridized carbons (Fsp3) is 0.0952. The number of hydrogen-bond donors (Lipinski definition) is 3. The van der Waals surface area contributed by atoms with Crippen molar-refractivity contribution in [3.63, 3.8) is 0 Å². The van der Waals surface area contributed by atoms with Crippen molar-refractivity contribution in [3.8, 4) is 28.6 Å². The van der Waals surface area contributed by atoms with E-state index in [2.05, 4.69) is 35.8 Å². The molecule has 35 heavy (non-hydrogen) atoms. The molecule has 2 aromatic heterocycles. The molecule has 14 nitrogen and oxygen atoms in total. The molecule has 4 N–H and O–H groups in total. The molecular weight excluding hydrogens is 460 g/mol. The van der Waals surface area contributed by atoms with Gasteiger partial charge in [0, 0.05) is 5.56 Å². The summed E-state index contributed by atoms with van der Waals surface area (Å²) in [5.41, 5.74) is 9.58. The zero-order valence-corrected chi connectivity index (χ0v) is 18.2. The van der Waals surface area contributed by atoms with Crippen LogP contribution in [0, 0.1) is 0 Å². The summed E-state index contributed by atoms with van der Waals surface area (Å²) in [5.74, 6) is -0.785. The molecule has 0 atom stereocenters. The second-order valence-corrected chi connectivity index (χ2v) is 6.85. The molecule has 178 valence electrons. The largest absolute Gasteiger partial charge is 0.497 e. The summed E-state index contributed by atoms with van der Waals surface area (Å²) in [6.07, 6.45) is 1.40. The number of nitrogens with zero attached hydrogens (tertiary/aromatic N) is 6. The lowest BCUT2D eigenvalue weighted by molar-refractivity contribution is -0.139. The quantitative estimate of drug-likeness (QED) is 0.231. The van der Waals surface area contributed by atoms with E-state index in [4.69, 9.17) is 20.3 Å². The number of methoxy groups -OCH3 is 1. The minimum Gasteiger partial charge on any atom is -0.497 e.